The Labute approximate surface area is 159 Å². The highest BCUT2D eigenvalue weighted by atomic mass is 31.2. The number of aliphatic hydroxyl groups is 2. The summed E-state index contributed by atoms with van der Waals surface area (Å²) in [6.07, 6.45) is 11.8. The van der Waals surface area contributed by atoms with Crippen molar-refractivity contribution in [2.45, 2.75) is 110 Å². The second-order valence-electron chi connectivity index (χ2n) is 7.39. The van der Waals surface area contributed by atoms with Crippen molar-refractivity contribution >= 4 is 7.82 Å². The van der Waals surface area contributed by atoms with E-state index < -0.39 is 26.6 Å². The smallest absolute Gasteiger partial charge is 0.394 e. The number of phosphoric acid groups is 1. The molecule has 0 saturated heterocycles. The van der Waals surface area contributed by atoms with Crippen LogP contribution in [0, 0.1) is 5.92 Å². The van der Waals surface area contributed by atoms with Gasteiger partial charge in [-0.3, -0.25) is 4.52 Å². The van der Waals surface area contributed by atoms with Crippen LogP contribution in [0.4, 0.5) is 0 Å². The quantitative estimate of drug-likeness (QED) is 0.200. The van der Waals surface area contributed by atoms with E-state index in [-0.39, 0.29) is 5.92 Å². The van der Waals surface area contributed by atoms with Crippen molar-refractivity contribution < 1.29 is 29.1 Å². The predicted octanol–water partition coefficient (Wildman–Crippen LogP) is 4.54. The van der Waals surface area contributed by atoms with E-state index >= 15 is 0 Å². The first-order valence-electron chi connectivity index (χ1n) is 10.4. The lowest BCUT2D eigenvalue weighted by molar-refractivity contribution is -0.0249. The van der Waals surface area contributed by atoms with Crippen LogP contribution in [0.15, 0.2) is 0 Å². The topological polar surface area (TPSA) is 107 Å². The summed E-state index contributed by atoms with van der Waals surface area (Å²) in [6, 6.07) is 0. The van der Waals surface area contributed by atoms with Crippen LogP contribution < -0.4 is 0 Å². The number of unbranched alkanes of at least 4 members (excludes halogenated alkanes) is 8. The van der Waals surface area contributed by atoms with Crippen LogP contribution in [0.2, 0.25) is 0 Å². The van der Waals surface area contributed by atoms with Crippen LogP contribution in [0.25, 0.3) is 0 Å². The number of phosphoric ester groups is 1. The van der Waals surface area contributed by atoms with Gasteiger partial charge in [0.05, 0.1) is 12.7 Å². The third-order valence-corrected chi connectivity index (χ3v) is 5.43. The van der Waals surface area contributed by atoms with Gasteiger partial charge in [0, 0.05) is 0 Å². The lowest BCUT2D eigenvalue weighted by atomic mass is 9.88. The SMILES string of the molecule is CCCCCCCCC(CCCCCC)CC(OP(=O)(O)O)C(O)CO. The fraction of sp³-hybridized carbons (Fsp3) is 1.00. The Hall–Kier alpha value is 0.0300. The third-order valence-electron chi connectivity index (χ3n) is 4.89. The van der Waals surface area contributed by atoms with Crippen molar-refractivity contribution in [1.82, 2.24) is 0 Å². The Bertz CT molecular complexity index is 360. The van der Waals surface area contributed by atoms with Gasteiger partial charge in [0.2, 0.25) is 0 Å². The van der Waals surface area contributed by atoms with Gasteiger partial charge in [0.1, 0.15) is 6.10 Å². The first-order valence-corrected chi connectivity index (χ1v) is 11.9. The molecule has 3 unspecified atom stereocenters. The molecule has 0 bridgehead atoms. The second-order valence-corrected chi connectivity index (χ2v) is 8.58. The summed E-state index contributed by atoms with van der Waals surface area (Å²) < 4.78 is 15.9. The first-order chi connectivity index (χ1) is 12.3. The number of hydrogen-bond acceptors (Lipinski definition) is 4. The van der Waals surface area contributed by atoms with Crippen LogP contribution in [0.3, 0.4) is 0 Å². The van der Waals surface area contributed by atoms with Crippen LogP contribution in [-0.2, 0) is 9.09 Å². The van der Waals surface area contributed by atoms with Crippen molar-refractivity contribution in [3.63, 3.8) is 0 Å². The Kier molecular flexibility index (Phi) is 16.0. The van der Waals surface area contributed by atoms with Crippen molar-refractivity contribution in [3.8, 4) is 0 Å². The van der Waals surface area contributed by atoms with Gasteiger partial charge in [0.25, 0.3) is 0 Å². The van der Waals surface area contributed by atoms with Gasteiger partial charge in [0.15, 0.2) is 0 Å². The monoisotopic (exact) mass is 396 g/mol. The first kappa shape index (κ1) is 26.0. The van der Waals surface area contributed by atoms with E-state index in [0.29, 0.717) is 6.42 Å². The summed E-state index contributed by atoms with van der Waals surface area (Å²) in [7, 11) is -4.70. The molecule has 0 aromatic heterocycles. The molecular weight excluding hydrogens is 355 g/mol. The van der Waals surface area contributed by atoms with E-state index in [2.05, 4.69) is 13.8 Å². The zero-order valence-electron chi connectivity index (χ0n) is 16.7. The van der Waals surface area contributed by atoms with Crippen molar-refractivity contribution in [3.05, 3.63) is 0 Å². The van der Waals surface area contributed by atoms with E-state index in [9.17, 15) is 14.8 Å². The molecule has 3 atom stereocenters. The minimum Gasteiger partial charge on any atom is -0.394 e. The molecule has 6 nitrogen and oxygen atoms in total. The van der Waals surface area contributed by atoms with Gasteiger partial charge in [-0.2, -0.15) is 0 Å². The van der Waals surface area contributed by atoms with E-state index in [4.69, 9.17) is 14.3 Å². The van der Waals surface area contributed by atoms with Gasteiger partial charge in [-0.05, 0) is 12.3 Å². The Morgan fingerprint density at radius 2 is 1.31 bits per heavy atom. The average Bonchev–Trinajstić information content (AvgIpc) is 2.58. The summed E-state index contributed by atoms with van der Waals surface area (Å²) in [4.78, 5) is 18.2. The van der Waals surface area contributed by atoms with Crippen LogP contribution in [-0.4, -0.2) is 38.8 Å². The van der Waals surface area contributed by atoms with Crippen LogP contribution in [0.5, 0.6) is 0 Å². The van der Waals surface area contributed by atoms with E-state index in [1.807, 2.05) is 0 Å². The van der Waals surface area contributed by atoms with E-state index in [1.165, 1.54) is 32.1 Å². The highest BCUT2D eigenvalue weighted by molar-refractivity contribution is 7.46. The van der Waals surface area contributed by atoms with E-state index in [1.54, 1.807) is 0 Å². The molecule has 0 aliphatic rings. The number of aliphatic hydroxyl groups excluding tert-OH is 2. The number of hydrogen-bond donors (Lipinski definition) is 4. The highest BCUT2D eigenvalue weighted by Gasteiger charge is 2.30. The van der Waals surface area contributed by atoms with Crippen LogP contribution >= 0.6 is 7.82 Å². The molecule has 0 fully saturated rings. The van der Waals surface area contributed by atoms with Crippen LogP contribution in [0.1, 0.15) is 97.3 Å². The Balaban J connectivity index is 4.57. The zero-order valence-corrected chi connectivity index (χ0v) is 17.6. The molecule has 0 amide bonds. The standard InChI is InChI=1S/C19H41O6P/c1-3-5-7-9-10-12-14-17(13-11-8-6-4-2)15-19(18(21)16-20)25-26(22,23)24/h17-21H,3-16H2,1-2H3,(H2,22,23,24). The van der Waals surface area contributed by atoms with Gasteiger partial charge >= 0.3 is 7.82 Å². The normalized spacial score (nSPS) is 15.8. The lowest BCUT2D eigenvalue weighted by Gasteiger charge is -2.27. The Morgan fingerprint density at radius 3 is 1.77 bits per heavy atom. The summed E-state index contributed by atoms with van der Waals surface area (Å²) in [5.41, 5.74) is 0. The minimum atomic E-state index is -4.70. The molecule has 158 valence electrons. The fourth-order valence-electron chi connectivity index (χ4n) is 3.35. The molecule has 0 aliphatic heterocycles. The molecule has 0 aliphatic carbocycles. The molecule has 0 spiro atoms. The molecule has 0 saturated carbocycles. The average molecular weight is 397 g/mol. The van der Waals surface area contributed by atoms with Crippen molar-refractivity contribution in [1.29, 1.82) is 0 Å². The van der Waals surface area contributed by atoms with Gasteiger partial charge in [-0.15, -0.1) is 0 Å². The predicted molar refractivity (Wildman–Crippen MR) is 105 cm³/mol. The maximum absolute atomic E-state index is 11.2. The summed E-state index contributed by atoms with van der Waals surface area (Å²) >= 11 is 0. The van der Waals surface area contributed by atoms with Crippen molar-refractivity contribution in [2.75, 3.05) is 6.61 Å². The Morgan fingerprint density at radius 1 is 0.846 bits per heavy atom. The highest BCUT2D eigenvalue weighted by Crippen LogP contribution is 2.40. The molecule has 7 heteroatoms. The van der Waals surface area contributed by atoms with Gasteiger partial charge in [-0.25, -0.2) is 4.57 Å². The fourth-order valence-corrected chi connectivity index (χ4v) is 3.93. The zero-order chi connectivity index (χ0) is 19.8. The second kappa shape index (κ2) is 16.0. The molecule has 0 aromatic rings. The van der Waals surface area contributed by atoms with Gasteiger partial charge < -0.3 is 20.0 Å². The summed E-state index contributed by atoms with van der Waals surface area (Å²) in [5, 5.41) is 19.1. The van der Waals surface area contributed by atoms with Crippen molar-refractivity contribution in [2.24, 2.45) is 5.92 Å². The largest absolute Gasteiger partial charge is 0.469 e. The maximum atomic E-state index is 11.2. The summed E-state index contributed by atoms with van der Waals surface area (Å²) in [6.45, 7) is 3.79. The van der Waals surface area contributed by atoms with E-state index in [0.717, 1.165) is 44.9 Å². The lowest BCUT2D eigenvalue weighted by Crippen LogP contribution is -2.33. The molecule has 0 radical (unpaired) electrons. The third kappa shape index (κ3) is 15.1. The number of rotatable bonds is 18. The molecule has 26 heavy (non-hydrogen) atoms. The minimum absolute atomic E-state index is 0.246. The molecule has 0 heterocycles. The maximum Gasteiger partial charge on any atom is 0.469 e. The summed E-state index contributed by atoms with van der Waals surface area (Å²) in [5.74, 6) is 0.246. The molecule has 0 aromatic carbocycles. The van der Waals surface area contributed by atoms with Gasteiger partial charge in [-0.1, -0.05) is 90.9 Å². The molecule has 4 N–H and O–H groups in total. The molecular formula is C19H41O6P. The molecule has 0 rings (SSSR count).